The lowest BCUT2D eigenvalue weighted by Crippen LogP contribution is -2.03. The third kappa shape index (κ3) is 3.35. The number of hydrogen-bond acceptors (Lipinski definition) is 3. The minimum absolute atomic E-state index is 0.901. The molecule has 1 heterocycles. The highest BCUT2D eigenvalue weighted by molar-refractivity contribution is 9.10. The van der Waals surface area contributed by atoms with Crippen LogP contribution in [0.4, 0.5) is 5.69 Å². The number of para-hydroxylation sites is 2. The van der Waals surface area contributed by atoms with E-state index in [0.29, 0.717) is 0 Å². The van der Waals surface area contributed by atoms with Gasteiger partial charge in [0.2, 0.25) is 0 Å². The lowest BCUT2D eigenvalue weighted by molar-refractivity contribution is 1.07. The van der Waals surface area contributed by atoms with Crippen LogP contribution in [0, 0.1) is 0 Å². The molecule has 0 fully saturated rings. The zero-order valence-electron chi connectivity index (χ0n) is 10.8. The molecule has 0 atom stereocenters. The number of benzene rings is 2. The Bertz CT molecular complexity index is 678. The first kappa shape index (κ1) is 13.5. The van der Waals surface area contributed by atoms with Crippen LogP contribution in [0.3, 0.4) is 0 Å². The summed E-state index contributed by atoms with van der Waals surface area (Å²) in [7, 11) is 0. The van der Waals surface area contributed by atoms with Gasteiger partial charge in [-0.2, -0.15) is 0 Å². The number of thioether (sulfide) groups is 1. The van der Waals surface area contributed by atoms with Crippen LogP contribution >= 0.6 is 27.7 Å². The standard InChI is InChI=1S/C15H14BrN3S/c16-11-4-3-5-12(10-11)17-8-9-20-15-18-13-6-1-2-7-14(13)19-15/h1-7,10,17H,8-9H2,(H,18,19). The van der Waals surface area contributed by atoms with Crippen LogP contribution in [0.1, 0.15) is 0 Å². The fourth-order valence-corrected chi connectivity index (χ4v) is 3.08. The van der Waals surface area contributed by atoms with Gasteiger partial charge in [0, 0.05) is 22.5 Å². The first-order chi connectivity index (χ1) is 9.81. The van der Waals surface area contributed by atoms with Crippen LogP contribution in [0.5, 0.6) is 0 Å². The van der Waals surface area contributed by atoms with E-state index < -0.39 is 0 Å². The highest BCUT2D eigenvalue weighted by Crippen LogP contribution is 2.19. The van der Waals surface area contributed by atoms with Crippen molar-refractivity contribution in [1.29, 1.82) is 0 Å². The molecule has 0 spiro atoms. The van der Waals surface area contributed by atoms with Crippen molar-refractivity contribution in [3.05, 3.63) is 53.0 Å². The van der Waals surface area contributed by atoms with Gasteiger partial charge >= 0.3 is 0 Å². The van der Waals surface area contributed by atoms with E-state index in [1.54, 1.807) is 11.8 Å². The van der Waals surface area contributed by atoms with E-state index in [1.165, 1.54) is 0 Å². The Morgan fingerprint density at radius 2 is 2.05 bits per heavy atom. The van der Waals surface area contributed by atoms with Gasteiger partial charge in [-0.3, -0.25) is 0 Å². The van der Waals surface area contributed by atoms with Crippen molar-refractivity contribution < 1.29 is 0 Å². The van der Waals surface area contributed by atoms with Crippen molar-refractivity contribution in [2.75, 3.05) is 17.6 Å². The van der Waals surface area contributed by atoms with E-state index in [9.17, 15) is 0 Å². The van der Waals surface area contributed by atoms with Crippen molar-refractivity contribution in [3.8, 4) is 0 Å². The van der Waals surface area contributed by atoms with Crippen LogP contribution in [0.15, 0.2) is 58.2 Å². The van der Waals surface area contributed by atoms with Gasteiger partial charge in [0.25, 0.3) is 0 Å². The van der Waals surface area contributed by atoms with Crippen molar-refractivity contribution in [3.63, 3.8) is 0 Å². The number of rotatable bonds is 5. The molecule has 3 nitrogen and oxygen atoms in total. The fourth-order valence-electron chi connectivity index (χ4n) is 1.94. The molecular formula is C15H14BrN3S. The number of halogens is 1. The molecule has 0 amide bonds. The Morgan fingerprint density at radius 1 is 1.15 bits per heavy atom. The summed E-state index contributed by atoms with van der Waals surface area (Å²) in [6.45, 7) is 0.901. The molecule has 2 aromatic carbocycles. The van der Waals surface area contributed by atoms with E-state index in [1.807, 2.05) is 36.4 Å². The van der Waals surface area contributed by atoms with Crippen molar-refractivity contribution >= 4 is 44.4 Å². The molecule has 0 radical (unpaired) electrons. The zero-order valence-corrected chi connectivity index (χ0v) is 13.2. The SMILES string of the molecule is Brc1cccc(NCCSc2nc3ccccc3[nH]2)c1. The summed E-state index contributed by atoms with van der Waals surface area (Å²) in [6.07, 6.45) is 0. The second-order valence-corrected chi connectivity index (χ2v) is 6.34. The van der Waals surface area contributed by atoms with Gasteiger partial charge in [-0.15, -0.1) is 0 Å². The monoisotopic (exact) mass is 347 g/mol. The quantitative estimate of drug-likeness (QED) is 0.526. The molecule has 2 N–H and O–H groups in total. The molecule has 0 aliphatic carbocycles. The molecule has 3 rings (SSSR count). The van der Waals surface area contributed by atoms with Crippen LogP contribution in [0.25, 0.3) is 11.0 Å². The summed E-state index contributed by atoms with van der Waals surface area (Å²) in [5, 5.41) is 4.37. The number of nitrogens with one attached hydrogen (secondary N) is 2. The Hall–Kier alpha value is -1.46. The van der Waals surface area contributed by atoms with Crippen molar-refractivity contribution in [1.82, 2.24) is 9.97 Å². The number of aromatic amines is 1. The second kappa shape index (κ2) is 6.33. The third-order valence-electron chi connectivity index (χ3n) is 2.86. The molecule has 0 aliphatic heterocycles. The highest BCUT2D eigenvalue weighted by Gasteiger charge is 2.02. The van der Waals surface area contributed by atoms with E-state index in [4.69, 9.17) is 0 Å². The van der Waals surface area contributed by atoms with Gasteiger partial charge in [0.15, 0.2) is 5.16 Å². The average molecular weight is 348 g/mol. The molecule has 0 bridgehead atoms. The van der Waals surface area contributed by atoms with Gasteiger partial charge < -0.3 is 10.3 Å². The lowest BCUT2D eigenvalue weighted by Gasteiger charge is -2.05. The van der Waals surface area contributed by atoms with Crippen LogP contribution in [-0.2, 0) is 0 Å². The minimum atomic E-state index is 0.901. The van der Waals surface area contributed by atoms with E-state index in [2.05, 4.69) is 43.3 Å². The van der Waals surface area contributed by atoms with E-state index in [-0.39, 0.29) is 0 Å². The molecule has 3 aromatic rings. The molecule has 0 saturated carbocycles. The Labute approximate surface area is 130 Å². The van der Waals surface area contributed by atoms with Crippen LogP contribution in [0.2, 0.25) is 0 Å². The normalized spacial score (nSPS) is 10.8. The van der Waals surface area contributed by atoms with Crippen molar-refractivity contribution in [2.24, 2.45) is 0 Å². The maximum Gasteiger partial charge on any atom is 0.166 e. The Kier molecular flexibility index (Phi) is 4.28. The smallest absolute Gasteiger partial charge is 0.166 e. The van der Waals surface area contributed by atoms with E-state index >= 15 is 0 Å². The zero-order chi connectivity index (χ0) is 13.8. The summed E-state index contributed by atoms with van der Waals surface area (Å²) in [4.78, 5) is 7.86. The summed E-state index contributed by atoms with van der Waals surface area (Å²) in [6, 6.07) is 16.3. The highest BCUT2D eigenvalue weighted by atomic mass is 79.9. The van der Waals surface area contributed by atoms with Crippen LogP contribution in [-0.4, -0.2) is 22.3 Å². The Balaban J connectivity index is 1.52. The summed E-state index contributed by atoms with van der Waals surface area (Å²) in [5.74, 6) is 0.965. The first-order valence-electron chi connectivity index (χ1n) is 6.38. The topological polar surface area (TPSA) is 40.7 Å². The van der Waals surface area contributed by atoms with Crippen LogP contribution < -0.4 is 5.32 Å². The largest absolute Gasteiger partial charge is 0.384 e. The second-order valence-electron chi connectivity index (χ2n) is 4.34. The number of hydrogen-bond donors (Lipinski definition) is 2. The third-order valence-corrected chi connectivity index (χ3v) is 4.23. The van der Waals surface area contributed by atoms with Gasteiger partial charge in [-0.05, 0) is 30.3 Å². The number of anilines is 1. The van der Waals surface area contributed by atoms with E-state index in [0.717, 1.165) is 38.6 Å². The molecule has 0 saturated heterocycles. The predicted molar refractivity (Wildman–Crippen MR) is 89.4 cm³/mol. The summed E-state index contributed by atoms with van der Waals surface area (Å²) < 4.78 is 1.09. The average Bonchev–Trinajstić information content (AvgIpc) is 2.86. The molecular weight excluding hydrogens is 334 g/mol. The van der Waals surface area contributed by atoms with Gasteiger partial charge in [-0.1, -0.05) is 45.9 Å². The van der Waals surface area contributed by atoms with Crippen molar-refractivity contribution in [2.45, 2.75) is 5.16 Å². The summed E-state index contributed by atoms with van der Waals surface area (Å²) >= 11 is 5.20. The number of fused-ring (bicyclic) bond motifs is 1. The summed E-state index contributed by atoms with van der Waals surface area (Å²) in [5.41, 5.74) is 3.24. The molecule has 0 aliphatic rings. The van der Waals surface area contributed by atoms with Gasteiger partial charge in [0.1, 0.15) is 0 Å². The fraction of sp³-hybridized carbons (Fsp3) is 0.133. The lowest BCUT2D eigenvalue weighted by atomic mass is 10.3. The molecule has 1 aromatic heterocycles. The van der Waals surface area contributed by atoms with Gasteiger partial charge in [0.05, 0.1) is 11.0 Å². The number of imidazole rings is 1. The molecule has 102 valence electrons. The number of aromatic nitrogens is 2. The van der Waals surface area contributed by atoms with Gasteiger partial charge in [-0.25, -0.2) is 4.98 Å². The first-order valence-corrected chi connectivity index (χ1v) is 8.16. The molecule has 20 heavy (non-hydrogen) atoms. The number of nitrogens with zero attached hydrogens (tertiary/aromatic N) is 1. The molecule has 0 unspecified atom stereocenters. The minimum Gasteiger partial charge on any atom is -0.384 e. The maximum absolute atomic E-state index is 4.54. The Morgan fingerprint density at radius 3 is 2.90 bits per heavy atom. The maximum atomic E-state index is 4.54. The predicted octanol–water partition coefficient (Wildman–Crippen LogP) is 4.53. The number of H-pyrrole nitrogens is 1. The molecule has 5 heteroatoms.